The molecule has 0 aromatic heterocycles. The van der Waals surface area contributed by atoms with Gasteiger partial charge in [-0.1, -0.05) is 18.5 Å². The quantitative estimate of drug-likeness (QED) is 0.725. The Kier molecular flexibility index (Phi) is 7.94. The van der Waals surface area contributed by atoms with Crippen LogP contribution in [0.25, 0.3) is 0 Å². The molecule has 2 N–H and O–H groups in total. The zero-order chi connectivity index (χ0) is 14.1. The van der Waals surface area contributed by atoms with Gasteiger partial charge in [0.15, 0.2) is 0 Å². The zero-order valence-electron chi connectivity index (χ0n) is 11.1. The molecule has 0 spiro atoms. The van der Waals surface area contributed by atoms with E-state index in [4.69, 9.17) is 11.6 Å². The Labute approximate surface area is 123 Å². The number of halogens is 1. The van der Waals surface area contributed by atoms with Crippen molar-refractivity contribution in [1.82, 2.24) is 5.32 Å². The maximum Gasteiger partial charge on any atom is 0.220 e. The van der Waals surface area contributed by atoms with E-state index in [1.54, 1.807) is 11.8 Å². The van der Waals surface area contributed by atoms with Crippen LogP contribution < -0.4 is 5.32 Å². The molecule has 0 aliphatic carbocycles. The first-order chi connectivity index (χ1) is 9.11. The van der Waals surface area contributed by atoms with Gasteiger partial charge in [-0.05, 0) is 37.1 Å². The van der Waals surface area contributed by atoms with Crippen LogP contribution in [0, 0.1) is 0 Å². The summed E-state index contributed by atoms with van der Waals surface area (Å²) in [5.74, 6) is 0.772. The van der Waals surface area contributed by atoms with Crippen LogP contribution in [0.1, 0.15) is 26.2 Å². The molecule has 0 aliphatic rings. The maximum atomic E-state index is 11.5. The van der Waals surface area contributed by atoms with E-state index in [2.05, 4.69) is 5.32 Å². The fourth-order valence-corrected chi connectivity index (χ4v) is 2.44. The van der Waals surface area contributed by atoms with Crippen LogP contribution in [0.2, 0.25) is 5.02 Å². The molecule has 19 heavy (non-hydrogen) atoms. The van der Waals surface area contributed by atoms with Crippen molar-refractivity contribution < 1.29 is 9.90 Å². The minimum absolute atomic E-state index is 0.0322. The van der Waals surface area contributed by atoms with Crippen molar-refractivity contribution in [3.63, 3.8) is 0 Å². The highest BCUT2D eigenvalue weighted by Gasteiger charge is 2.04. The summed E-state index contributed by atoms with van der Waals surface area (Å²) in [5.41, 5.74) is 0. The highest BCUT2D eigenvalue weighted by Crippen LogP contribution is 2.20. The van der Waals surface area contributed by atoms with Gasteiger partial charge in [-0.2, -0.15) is 0 Å². The normalized spacial score (nSPS) is 12.2. The molecule has 1 rings (SSSR count). The Balaban J connectivity index is 2.11. The Bertz CT molecular complexity index is 384. The molecule has 3 nitrogen and oxygen atoms in total. The van der Waals surface area contributed by atoms with Gasteiger partial charge in [0.2, 0.25) is 5.91 Å². The van der Waals surface area contributed by atoms with Crippen molar-refractivity contribution in [3.8, 4) is 0 Å². The molecule has 0 radical (unpaired) electrons. The number of carbonyl (C=O) groups excluding carboxylic acids is 1. The van der Waals surface area contributed by atoms with Crippen LogP contribution in [0.3, 0.4) is 0 Å². The Hall–Kier alpha value is -0.710. The third-order valence-corrected chi connectivity index (χ3v) is 3.95. The van der Waals surface area contributed by atoms with Gasteiger partial charge in [0.25, 0.3) is 0 Å². The zero-order valence-corrected chi connectivity index (χ0v) is 12.6. The summed E-state index contributed by atoms with van der Waals surface area (Å²) in [4.78, 5) is 12.6. The van der Waals surface area contributed by atoms with Gasteiger partial charge < -0.3 is 10.4 Å². The average molecular weight is 302 g/mol. The van der Waals surface area contributed by atoms with E-state index in [1.165, 1.54) is 0 Å². The molecule has 0 bridgehead atoms. The summed E-state index contributed by atoms with van der Waals surface area (Å²) in [5, 5.41) is 12.9. The number of rotatable bonds is 8. The number of amides is 1. The number of nitrogens with one attached hydrogen (secondary N) is 1. The predicted molar refractivity (Wildman–Crippen MR) is 80.7 cm³/mol. The number of thioether (sulfide) groups is 1. The van der Waals surface area contributed by atoms with Crippen LogP contribution in [-0.2, 0) is 4.79 Å². The van der Waals surface area contributed by atoms with Crippen molar-refractivity contribution in [1.29, 1.82) is 0 Å². The lowest BCUT2D eigenvalue weighted by Crippen LogP contribution is -2.27. The predicted octanol–water partition coefficient (Wildman–Crippen LogP) is 3.10. The molecule has 5 heteroatoms. The lowest BCUT2D eigenvalue weighted by Gasteiger charge is -2.08. The van der Waals surface area contributed by atoms with Gasteiger partial charge in [0.05, 0.1) is 6.10 Å². The van der Waals surface area contributed by atoms with Crippen molar-refractivity contribution in [3.05, 3.63) is 29.3 Å². The number of hydrogen-bond acceptors (Lipinski definition) is 3. The fourth-order valence-electron chi connectivity index (χ4n) is 1.46. The number of aliphatic hydroxyl groups excluding tert-OH is 1. The number of benzene rings is 1. The smallest absolute Gasteiger partial charge is 0.220 e. The lowest BCUT2D eigenvalue weighted by atomic mass is 10.2. The highest BCUT2D eigenvalue weighted by molar-refractivity contribution is 7.99. The average Bonchev–Trinajstić information content (AvgIpc) is 2.41. The molecule has 0 saturated heterocycles. The molecular formula is C14H20ClNO2S. The molecule has 0 saturated carbocycles. The first-order valence-corrected chi connectivity index (χ1v) is 7.81. The largest absolute Gasteiger partial charge is 0.393 e. The van der Waals surface area contributed by atoms with Crippen LogP contribution in [0.15, 0.2) is 29.2 Å². The van der Waals surface area contributed by atoms with Gasteiger partial charge in [-0.15, -0.1) is 11.8 Å². The molecule has 106 valence electrons. The van der Waals surface area contributed by atoms with Gasteiger partial charge in [0.1, 0.15) is 0 Å². The summed E-state index contributed by atoms with van der Waals surface area (Å²) >= 11 is 7.43. The number of aliphatic hydroxyl groups is 1. The van der Waals surface area contributed by atoms with E-state index < -0.39 is 0 Å². The second-order valence-electron chi connectivity index (χ2n) is 4.25. The second kappa shape index (κ2) is 9.23. The van der Waals surface area contributed by atoms with Gasteiger partial charge in [0, 0.05) is 28.6 Å². The van der Waals surface area contributed by atoms with Gasteiger partial charge >= 0.3 is 0 Å². The first-order valence-electron chi connectivity index (χ1n) is 6.45. The molecule has 1 aromatic rings. The van der Waals surface area contributed by atoms with Crippen LogP contribution in [0.4, 0.5) is 0 Å². The van der Waals surface area contributed by atoms with Crippen molar-refractivity contribution in [2.45, 2.75) is 37.2 Å². The molecule has 1 amide bonds. The monoisotopic (exact) mass is 301 g/mol. The van der Waals surface area contributed by atoms with Crippen LogP contribution >= 0.6 is 23.4 Å². The van der Waals surface area contributed by atoms with Crippen LogP contribution in [0.5, 0.6) is 0 Å². The van der Waals surface area contributed by atoms with E-state index in [0.29, 0.717) is 19.4 Å². The summed E-state index contributed by atoms with van der Waals surface area (Å²) in [6.07, 6.45) is 1.51. The molecular weight excluding hydrogens is 282 g/mol. The highest BCUT2D eigenvalue weighted by atomic mass is 35.5. The van der Waals surface area contributed by atoms with E-state index in [-0.39, 0.29) is 12.0 Å². The lowest BCUT2D eigenvalue weighted by molar-refractivity contribution is -0.120. The summed E-state index contributed by atoms with van der Waals surface area (Å²) in [6, 6.07) is 7.58. The molecule has 0 heterocycles. The Morgan fingerprint density at radius 3 is 2.74 bits per heavy atom. The Morgan fingerprint density at radius 2 is 2.11 bits per heavy atom. The fraction of sp³-hybridized carbons (Fsp3) is 0.500. The molecule has 1 atom stereocenters. The molecule has 1 unspecified atom stereocenters. The third kappa shape index (κ3) is 7.45. The molecule has 0 fully saturated rings. The minimum Gasteiger partial charge on any atom is -0.393 e. The summed E-state index contributed by atoms with van der Waals surface area (Å²) in [7, 11) is 0. The van der Waals surface area contributed by atoms with E-state index >= 15 is 0 Å². The maximum absolute atomic E-state index is 11.5. The molecule has 1 aromatic carbocycles. The van der Waals surface area contributed by atoms with Crippen molar-refractivity contribution >= 4 is 29.3 Å². The van der Waals surface area contributed by atoms with Crippen molar-refractivity contribution in [2.24, 2.45) is 0 Å². The third-order valence-electron chi connectivity index (χ3n) is 2.68. The van der Waals surface area contributed by atoms with Gasteiger partial charge in [-0.3, -0.25) is 4.79 Å². The van der Waals surface area contributed by atoms with E-state index in [0.717, 1.165) is 22.1 Å². The number of hydrogen-bond donors (Lipinski definition) is 2. The second-order valence-corrected chi connectivity index (χ2v) is 5.86. The molecule has 0 aliphatic heterocycles. The number of carbonyl (C=O) groups is 1. The topological polar surface area (TPSA) is 49.3 Å². The Morgan fingerprint density at radius 1 is 1.42 bits per heavy atom. The summed E-state index contributed by atoms with van der Waals surface area (Å²) < 4.78 is 0. The summed E-state index contributed by atoms with van der Waals surface area (Å²) in [6.45, 7) is 2.47. The van der Waals surface area contributed by atoms with Crippen LogP contribution in [-0.4, -0.2) is 29.4 Å². The van der Waals surface area contributed by atoms with Gasteiger partial charge in [-0.25, -0.2) is 0 Å². The van der Waals surface area contributed by atoms with Crippen molar-refractivity contribution in [2.75, 3.05) is 12.3 Å². The van der Waals surface area contributed by atoms with E-state index in [1.807, 2.05) is 31.2 Å². The van der Waals surface area contributed by atoms with E-state index in [9.17, 15) is 9.90 Å². The standard InChI is InChI=1S/C14H20ClNO2S/c1-2-12(17)7-9-16-14(18)8-10-19-13-5-3-11(15)4-6-13/h3-6,12,17H,2,7-10H2,1H3,(H,16,18). The SMILES string of the molecule is CCC(O)CCNC(=O)CCSc1ccc(Cl)cc1. The minimum atomic E-state index is -0.316. The first kappa shape index (κ1) is 16.3.